The van der Waals surface area contributed by atoms with E-state index in [2.05, 4.69) is 25.9 Å². The van der Waals surface area contributed by atoms with Crippen LogP contribution in [0.1, 0.15) is 25.0 Å². The monoisotopic (exact) mass is 455 g/mol. The summed E-state index contributed by atoms with van der Waals surface area (Å²) in [6, 6.07) is -4.40. The van der Waals surface area contributed by atoms with E-state index in [0.29, 0.717) is 5.69 Å². The van der Waals surface area contributed by atoms with Crippen molar-refractivity contribution in [3.63, 3.8) is 0 Å². The summed E-state index contributed by atoms with van der Waals surface area (Å²) < 4.78 is 0. The zero-order valence-corrected chi connectivity index (χ0v) is 16.9. The molecule has 0 fully saturated rings. The van der Waals surface area contributed by atoms with Gasteiger partial charge in [0, 0.05) is 24.7 Å². The normalized spacial score (nSPS) is 13.3. The Kier molecular flexibility index (Phi) is 10.3. The number of carboxylic acid groups (broad SMARTS) is 2. The Bertz CT molecular complexity index is 842. The van der Waals surface area contributed by atoms with Crippen LogP contribution < -0.4 is 27.4 Å². The number of nitrogens with one attached hydrogen (secondary N) is 4. The van der Waals surface area contributed by atoms with Crippen molar-refractivity contribution >= 4 is 35.6 Å². The molecule has 176 valence electrons. The topological polar surface area (TPSA) is 260 Å². The number of imidazole rings is 1. The highest BCUT2D eigenvalue weighted by atomic mass is 16.4. The van der Waals surface area contributed by atoms with E-state index in [0.717, 1.165) is 0 Å². The summed E-state index contributed by atoms with van der Waals surface area (Å²) in [5.41, 5.74) is 10.7. The van der Waals surface area contributed by atoms with Crippen molar-refractivity contribution in [2.45, 2.75) is 43.8 Å². The van der Waals surface area contributed by atoms with Gasteiger partial charge in [-0.2, -0.15) is 0 Å². The molecule has 1 aromatic rings. The molecule has 0 aromatic carbocycles. The standard InChI is InChI=1S/C17H25N7O8/c18-5-13(26)22-10(4-14(27)28)16(30)23-9(1-2-12(19)25)15(29)24-11(17(31)32)3-8-6-20-7-21-8/h6-7,9-11H,1-5,18H2,(H2,19,25)(H,20,21)(H,22,26)(H,23,30)(H,24,29)(H,27,28)(H,31,32). The number of amides is 4. The van der Waals surface area contributed by atoms with Gasteiger partial charge in [0.25, 0.3) is 0 Å². The molecule has 1 aromatic heterocycles. The molecule has 0 bridgehead atoms. The lowest BCUT2D eigenvalue weighted by Crippen LogP contribution is -2.57. The Balaban J connectivity index is 2.97. The second-order valence-electron chi connectivity index (χ2n) is 6.67. The summed E-state index contributed by atoms with van der Waals surface area (Å²) in [6.45, 7) is -0.511. The van der Waals surface area contributed by atoms with E-state index in [1.807, 2.05) is 0 Å². The van der Waals surface area contributed by atoms with E-state index in [9.17, 15) is 33.9 Å². The van der Waals surface area contributed by atoms with Gasteiger partial charge in [0.1, 0.15) is 18.1 Å². The zero-order chi connectivity index (χ0) is 24.3. The number of hydrogen-bond acceptors (Lipinski definition) is 8. The number of carbonyl (C=O) groups excluding carboxylic acids is 4. The molecule has 0 saturated carbocycles. The van der Waals surface area contributed by atoms with Gasteiger partial charge < -0.3 is 42.6 Å². The molecule has 0 aliphatic rings. The lowest BCUT2D eigenvalue weighted by atomic mass is 10.1. The second kappa shape index (κ2) is 12.6. The second-order valence-corrected chi connectivity index (χ2v) is 6.67. The van der Waals surface area contributed by atoms with Crippen LogP contribution >= 0.6 is 0 Å². The highest BCUT2D eigenvalue weighted by Crippen LogP contribution is 2.04. The Morgan fingerprint density at radius 2 is 1.62 bits per heavy atom. The smallest absolute Gasteiger partial charge is 0.326 e. The number of nitrogens with zero attached hydrogens (tertiary/aromatic N) is 1. The minimum absolute atomic E-state index is 0.147. The molecular formula is C17H25N7O8. The predicted molar refractivity (Wildman–Crippen MR) is 105 cm³/mol. The van der Waals surface area contributed by atoms with Crippen LogP contribution in [0, 0.1) is 0 Å². The Hall–Kier alpha value is -4.01. The van der Waals surface area contributed by atoms with Gasteiger partial charge in [-0.05, 0) is 6.42 Å². The first-order valence-electron chi connectivity index (χ1n) is 9.33. The summed E-state index contributed by atoms with van der Waals surface area (Å²) in [5, 5.41) is 24.9. The summed E-state index contributed by atoms with van der Waals surface area (Å²) >= 11 is 0. The van der Waals surface area contributed by atoms with E-state index < -0.39 is 66.7 Å². The fourth-order valence-electron chi connectivity index (χ4n) is 2.55. The Morgan fingerprint density at radius 3 is 2.12 bits per heavy atom. The molecular weight excluding hydrogens is 430 g/mol. The van der Waals surface area contributed by atoms with E-state index >= 15 is 0 Å². The molecule has 0 spiro atoms. The number of H-pyrrole nitrogens is 1. The number of nitrogens with two attached hydrogens (primary N) is 2. The molecule has 32 heavy (non-hydrogen) atoms. The molecule has 10 N–H and O–H groups in total. The SMILES string of the molecule is NCC(=O)NC(CC(=O)O)C(=O)NC(CCC(N)=O)C(=O)NC(Cc1cnc[nH]1)C(=O)O. The lowest BCUT2D eigenvalue weighted by molar-refractivity contribution is -0.143. The third-order valence-corrected chi connectivity index (χ3v) is 4.12. The molecule has 3 unspecified atom stereocenters. The molecule has 1 rings (SSSR count). The summed E-state index contributed by atoms with van der Waals surface area (Å²) in [6.07, 6.45) is 1.10. The maximum atomic E-state index is 12.7. The molecule has 15 nitrogen and oxygen atoms in total. The van der Waals surface area contributed by atoms with Crippen LogP contribution in [0.2, 0.25) is 0 Å². The van der Waals surface area contributed by atoms with Crippen LogP contribution in [-0.2, 0) is 35.2 Å². The highest BCUT2D eigenvalue weighted by Gasteiger charge is 2.30. The third kappa shape index (κ3) is 9.21. The number of primary amides is 1. The van der Waals surface area contributed by atoms with Crippen LogP contribution in [0.4, 0.5) is 0 Å². The van der Waals surface area contributed by atoms with Gasteiger partial charge in [-0.15, -0.1) is 0 Å². The van der Waals surface area contributed by atoms with Crippen LogP contribution in [-0.4, -0.2) is 80.4 Å². The first-order chi connectivity index (χ1) is 15.0. The first kappa shape index (κ1) is 26.0. The average molecular weight is 455 g/mol. The van der Waals surface area contributed by atoms with E-state index in [4.69, 9.17) is 16.6 Å². The average Bonchev–Trinajstić information content (AvgIpc) is 3.22. The number of carbonyl (C=O) groups is 6. The first-order valence-corrected chi connectivity index (χ1v) is 9.33. The molecule has 4 amide bonds. The maximum Gasteiger partial charge on any atom is 0.326 e. The van der Waals surface area contributed by atoms with Crippen LogP contribution in [0.3, 0.4) is 0 Å². The molecule has 1 heterocycles. The van der Waals surface area contributed by atoms with Crippen molar-refractivity contribution in [1.82, 2.24) is 25.9 Å². The van der Waals surface area contributed by atoms with Gasteiger partial charge in [0.2, 0.25) is 23.6 Å². The van der Waals surface area contributed by atoms with Crippen molar-refractivity contribution < 1.29 is 39.0 Å². The number of aromatic nitrogens is 2. The number of carboxylic acids is 2. The van der Waals surface area contributed by atoms with Crippen molar-refractivity contribution in [3.8, 4) is 0 Å². The quantitative estimate of drug-likeness (QED) is 0.135. The number of aromatic amines is 1. The zero-order valence-electron chi connectivity index (χ0n) is 16.9. The van der Waals surface area contributed by atoms with Gasteiger partial charge in [-0.1, -0.05) is 0 Å². The van der Waals surface area contributed by atoms with Crippen molar-refractivity contribution in [3.05, 3.63) is 18.2 Å². The number of rotatable bonds is 14. The molecule has 0 aliphatic carbocycles. The van der Waals surface area contributed by atoms with E-state index in [-0.39, 0.29) is 19.3 Å². The fourth-order valence-corrected chi connectivity index (χ4v) is 2.55. The van der Waals surface area contributed by atoms with Crippen molar-refractivity contribution in [2.24, 2.45) is 11.5 Å². The highest BCUT2D eigenvalue weighted by molar-refractivity contribution is 5.95. The minimum Gasteiger partial charge on any atom is -0.481 e. The molecule has 0 radical (unpaired) electrons. The molecule has 3 atom stereocenters. The summed E-state index contributed by atoms with van der Waals surface area (Å²) in [7, 11) is 0. The predicted octanol–water partition coefficient (Wildman–Crippen LogP) is -3.81. The molecule has 0 aliphatic heterocycles. The minimum atomic E-state index is -1.56. The van der Waals surface area contributed by atoms with Gasteiger partial charge >= 0.3 is 11.9 Å². The third-order valence-electron chi connectivity index (χ3n) is 4.12. The summed E-state index contributed by atoms with van der Waals surface area (Å²) in [5.74, 6) is -6.37. The number of hydrogen-bond donors (Lipinski definition) is 8. The van der Waals surface area contributed by atoms with Gasteiger partial charge in [-0.3, -0.25) is 24.0 Å². The Labute approximate surface area is 181 Å². The fraction of sp³-hybridized carbons (Fsp3) is 0.471. The van der Waals surface area contributed by atoms with Crippen molar-refractivity contribution in [2.75, 3.05) is 6.54 Å². The van der Waals surface area contributed by atoms with Crippen LogP contribution in [0.5, 0.6) is 0 Å². The summed E-state index contributed by atoms with van der Waals surface area (Å²) in [4.78, 5) is 76.8. The van der Waals surface area contributed by atoms with Gasteiger partial charge in [0.05, 0.1) is 19.3 Å². The lowest BCUT2D eigenvalue weighted by Gasteiger charge is -2.23. The van der Waals surface area contributed by atoms with Crippen LogP contribution in [0.25, 0.3) is 0 Å². The molecule has 0 saturated heterocycles. The van der Waals surface area contributed by atoms with Crippen LogP contribution in [0.15, 0.2) is 12.5 Å². The van der Waals surface area contributed by atoms with Crippen molar-refractivity contribution in [1.29, 1.82) is 0 Å². The molecule has 15 heteroatoms. The van der Waals surface area contributed by atoms with E-state index in [1.165, 1.54) is 12.5 Å². The number of aliphatic carboxylic acids is 2. The Morgan fingerprint density at radius 1 is 1.00 bits per heavy atom. The maximum absolute atomic E-state index is 12.7. The van der Waals surface area contributed by atoms with E-state index in [1.54, 1.807) is 0 Å². The van der Waals surface area contributed by atoms with Gasteiger partial charge in [0.15, 0.2) is 0 Å². The van der Waals surface area contributed by atoms with Gasteiger partial charge in [-0.25, -0.2) is 9.78 Å². The largest absolute Gasteiger partial charge is 0.481 e.